The van der Waals surface area contributed by atoms with E-state index in [2.05, 4.69) is 85.2 Å². The highest BCUT2D eigenvalue weighted by atomic mass is 15.1. The smallest absolute Gasteiger partial charge is 0.0453 e. The normalized spacial score (nSPS) is 11.1. The van der Waals surface area contributed by atoms with E-state index >= 15 is 0 Å². The summed E-state index contributed by atoms with van der Waals surface area (Å²) in [6.07, 6.45) is 4.45. The predicted octanol–water partition coefficient (Wildman–Crippen LogP) is 3.04. The SMILES string of the molecule is CN(C)CCCc1cccn1-c1ccc(N(C)C)cc1. The molecule has 1 heterocycles. The topological polar surface area (TPSA) is 11.4 Å². The van der Waals surface area contributed by atoms with Crippen molar-refractivity contribution in [3.05, 3.63) is 48.3 Å². The molecule has 2 rings (SSSR count). The van der Waals surface area contributed by atoms with Gasteiger partial charge in [0.15, 0.2) is 0 Å². The van der Waals surface area contributed by atoms with Crippen molar-refractivity contribution in [3.8, 4) is 5.69 Å². The molecular weight excluding hydrogens is 246 g/mol. The average molecular weight is 271 g/mol. The maximum Gasteiger partial charge on any atom is 0.0453 e. The van der Waals surface area contributed by atoms with Crippen molar-refractivity contribution in [1.82, 2.24) is 9.47 Å². The van der Waals surface area contributed by atoms with Gasteiger partial charge in [0.1, 0.15) is 0 Å². The molecule has 0 amide bonds. The van der Waals surface area contributed by atoms with Gasteiger partial charge in [-0.2, -0.15) is 0 Å². The zero-order valence-corrected chi connectivity index (χ0v) is 13.0. The van der Waals surface area contributed by atoms with Gasteiger partial charge in [-0.1, -0.05) is 0 Å². The quantitative estimate of drug-likeness (QED) is 0.800. The first-order valence-electron chi connectivity index (χ1n) is 7.16. The van der Waals surface area contributed by atoms with Crippen molar-refractivity contribution in [2.24, 2.45) is 0 Å². The summed E-state index contributed by atoms with van der Waals surface area (Å²) in [4.78, 5) is 4.36. The Balaban J connectivity index is 2.10. The predicted molar refractivity (Wildman–Crippen MR) is 87.0 cm³/mol. The molecule has 1 aromatic carbocycles. The van der Waals surface area contributed by atoms with Gasteiger partial charge in [-0.15, -0.1) is 0 Å². The lowest BCUT2D eigenvalue weighted by atomic mass is 10.2. The maximum absolute atomic E-state index is 2.29. The minimum Gasteiger partial charge on any atom is -0.378 e. The Kier molecular flexibility index (Phi) is 4.85. The van der Waals surface area contributed by atoms with Crippen molar-refractivity contribution in [1.29, 1.82) is 0 Å². The lowest BCUT2D eigenvalue weighted by molar-refractivity contribution is 0.399. The molecular formula is C17H25N3. The molecule has 20 heavy (non-hydrogen) atoms. The van der Waals surface area contributed by atoms with Gasteiger partial charge in [-0.05, 0) is 69.9 Å². The van der Waals surface area contributed by atoms with Crippen LogP contribution in [-0.2, 0) is 6.42 Å². The van der Waals surface area contributed by atoms with Crippen LogP contribution < -0.4 is 4.90 Å². The van der Waals surface area contributed by atoms with E-state index in [1.54, 1.807) is 0 Å². The van der Waals surface area contributed by atoms with E-state index in [1.807, 2.05) is 0 Å². The van der Waals surface area contributed by atoms with E-state index in [9.17, 15) is 0 Å². The van der Waals surface area contributed by atoms with E-state index in [-0.39, 0.29) is 0 Å². The molecule has 0 saturated carbocycles. The van der Waals surface area contributed by atoms with Crippen LogP contribution in [0.3, 0.4) is 0 Å². The van der Waals surface area contributed by atoms with Crippen LogP contribution in [0.25, 0.3) is 5.69 Å². The van der Waals surface area contributed by atoms with E-state index in [0.717, 1.165) is 13.0 Å². The van der Waals surface area contributed by atoms with Crippen LogP contribution in [0.2, 0.25) is 0 Å². The molecule has 108 valence electrons. The summed E-state index contributed by atoms with van der Waals surface area (Å²) in [5.74, 6) is 0. The lowest BCUT2D eigenvalue weighted by Gasteiger charge is -2.15. The molecule has 0 aliphatic rings. The van der Waals surface area contributed by atoms with Crippen LogP contribution in [0, 0.1) is 0 Å². The number of nitrogens with zero attached hydrogens (tertiary/aromatic N) is 3. The van der Waals surface area contributed by atoms with Crippen LogP contribution in [-0.4, -0.2) is 44.2 Å². The number of benzene rings is 1. The van der Waals surface area contributed by atoms with Gasteiger partial charge < -0.3 is 14.4 Å². The van der Waals surface area contributed by atoms with Gasteiger partial charge in [-0.3, -0.25) is 0 Å². The van der Waals surface area contributed by atoms with Gasteiger partial charge in [0, 0.05) is 37.4 Å². The maximum atomic E-state index is 2.29. The number of hydrogen-bond acceptors (Lipinski definition) is 2. The van der Waals surface area contributed by atoms with Gasteiger partial charge in [0.25, 0.3) is 0 Å². The highest BCUT2D eigenvalue weighted by Crippen LogP contribution is 2.18. The average Bonchev–Trinajstić information content (AvgIpc) is 2.87. The molecule has 1 aromatic heterocycles. The Hall–Kier alpha value is -1.74. The number of rotatable bonds is 6. The minimum atomic E-state index is 1.11. The molecule has 0 bridgehead atoms. The molecule has 3 heteroatoms. The molecule has 0 unspecified atom stereocenters. The Morgan fingerprint density at radius 3 is 2.25 bits per heavy atom. The zero-order valence-electron chi connectivity index (χ0n) is 13.0. The summed E-state index contributed by atoms with van der Waals surface area (Å²) >= 11 is 0. The zero-order chi connectivity index (χ0) is 14.5. The minimum absolute atomic E-state index is 1.11. The third-order valence-corrected chi connectivity index (χ3v) is 3.52. The molecule has 3 nitrogen and oxygen atoms in total. The summed E-state index contributed by atoms with van der Waals surface area (Å²) in [5.41, 5.74) is 3.85. The molecule has 0 fully saturated rings. The fourth-order valence-corrected chi connectivity index (χ4v) is 2.36. The number of aryl methyl sites for hydroxylation is 1. The molecule has 0 N–H and O–H groups in total. The Bertz CT molecular complexity index is 523. The second kappa shape index (κ2) is 6.62. The van der Waals surface area contributed by atoms with Gasteiger partial charge in [-0.25, -0.2) is 0 Å². The van der Waals surface area contributed by atoms with Crippen LogP contribution in [0.15, 0.2) is 42.6 Å². The first-order chi connectivity index (χ1) is 9.58. The number of hydrogen-bond donors (Lipinski definition) is 0. The number of anilines is 1. The fourth-order valence-electron chi connectivity index (χ4n) is 2.36. The van der Waals surface area contributed by atoms with Crippen LogP contribution in [0.1, 0.15) is 12.1 Å². The molecule has 0 radical (unpaired) electrons. The summed E-state index contributed by atoms with van der Waals surface area (Å²) in [6.45, 7) is 1.13. The summed E-state index contributed by atoms with van der Waals surface area (Å²) < 4.78 is 2.29. The number of aromatic nitrogens is 1. The standard InChI is InChI=1S/C17H25N3/c1-18(2)13-5-7-16-8-6-14-20(16)17-11-9-15(10-12-17)19(3)4/h6,8-12,14H,5,7,13H2,1-4H3. The highest BCUT2D eigenvalue weighted by Gasteiger charge is 2.04. The third kappa shape index (κ3) is 3.64. The Morgan fingerprint density at radius 2 is 1.65 bits per heavy atom. The first kappa shape index (κ1) is 14.7. The van der Waals surface area contributed by atoms with Crippen molar-refractivity contribution in [2.75, 3.05) is 39.6 Å². The van der Waals surface area contributed by atoms with Crippen LogP contribution >= 0.6 is 0 Å². The lowest BCUT2D eigenvalue weighted by Crippen LogP contribution is -2.14. The molecule has 0 atom stereocenters. The third-order valence-electron chi connectivity index (χ3n) is 3.52. The van der Waals surface area contributed by atoms with Crippen molar-refractivity contribution in [2.45, 2.75) is 12.8 Å². The van der Waals surface area contributed by atoms with E-state index in [1.165, 1.54) is 23.5 Å². The molecule has 0 saturated heterocycles. The molecule has 2 aromatic rings. The summed E-state index contributed by atoms with van der Waals surface area (Å²) in [5, 5.41) is 0. The van der Waals surface area contributed by atoms with E-state index in [4.69, 9.17) is 0 Å². The Morgan fingerprint density at radius 1 is 0.950 bits per heavy atom. The van der Waals surface area contributed by atoms with Gasteiger partial charge in [0.2, 0.25) is 0 Å². The molecule has 0 aliphatic carbocycles. The summed E-state index contributed by atoms with van der Waals surface area (Å²) in [7, 11) is 8.38. The molecule has 0 aliphatic heterocycles. The Labute approximate surface area is 122 Å². The second-order valence-corrected chi connectivity index (χ2v) is 5.69. The monoisotopic (exact) mass is 271 g/mol. The first-order valence-corrected chi connectivity index (χ1v) is 7.16. The van der Waals surface area contributed by atoms with E-state index < -0.39 is 0 Å². The largest absolute Gasteiger partial charge is 0.378 e. The second-order valence-electron chi connectivity index (χ2n) is 5.69. The fraction of sp³-hybridized carbons (Fsp3) is 0.412. The van der Waals surface area contributed by atoms with E-state index in [0.29, 0.717) is 0 Å². The van der Waals surface area contributed by atoms with Crippen molar-refractivity contribution < 1.29 is 0 Å². The van der Waals surface area contributed by atoms with Gasteiger partial charge in [0.05, 0.1) is 0 Å². The van der Waals surface area contributed by atoms with Gasteiger partial charge >= 0.3 is 0 Å². The summed E-state index contributed by atoms with van der Waals surface area (Å²) in [6, 6.07) is 13.0. The van der Waals surface area contributed by atoms with Crippen LogP contribution in [0.4, 0.5) is 5.69 Å². The van der Waals surface area contributed by atoms with Crippen molar-refractivity contribution >= 4 is 5.69 Å². The van der Waals surface area contributed by atoms with Crippen molar-refractivity contribution in [3.63, 3.8) is 0 Å². The highest BCUT2D eigenvalue weighted by molar-refractivity contribution is 5.50. The molecule has 0 spiro atoms. The van der Waals surface area contributed by atoms with Crippen LogP contribution in [0.5, 0.6) is 0 Å².